The highest BCUT2D eigenvalue weighted by Gasteiger charge is 2.31. The van der Waals surface area contributed by atoms with Crippen molar-refractivity contribution in [1.82, 2.24) is 10.6 Å². The van der Waals surface area contributed by atoms with Gasteiger partial charge in [-0.3, -0.25) is 9.59 Å². The predicted octanol–water partition coefficient (Wildman–Crippen LogP) is -2.60. The molecule has 0 aromatic rings. The highest BCUT2D eigenvalue weighted by molar-refractivity contribution is 5.92. The molecule has 122 valence electrons. The molecule has 0 aliphatic rings. The molecule has 21 heavy (non-hydrogen) atoms. The second kappa shape index (κ2) is 8.55. The molecule has 0 rings (SSSR count). The van der Waals surface area contributed by atoms with Crippen LogP contribution in [0.25, 0.3) is 0 Å². The number of carbonyl (C=O) groups is 3. The number of nitrogens with one attached hydrogen (secondary N) is 2. The van der Waals surface area contributed by atoms with Gasteiger partial charge in [0.05, 0.1) is 12.7 Å². The Labute approximate surface area is 122 Å². The first kappa shape index (κ1) is 19.3. The molecular formula is C12H23N3O6. The quantitative estimate of drug-likeness (QED) is 0.286. The van der Waals surface area contributed by atoms with Crippen molar-refractivity contribution in [2.75, 3.05) is 6.61 Å². The Balaban J connectivity index is 4.92. The van der Waals surface area contributed by atoms with Crippen molar-refractivity contribution in [3.8, 4) is 0 Å². The summed E-state index contributed by atoms with van der Waals surface area (Å²) in [5, 5.41) is 31.7. The Hall–Kier alpha value is -1.71. The summed E-state index contributed by atoms with van der Waals surface area (Å²) in [7, 11) is 0. The Morgan fingerprint density at radius 3 is 1.86 bits per heavy atom. The first-order chi connectivity index (χ1) is 9.61. The van der Waals surface area contributed by atoms with E-state index >= 15 is 0 Å². The van der Waals surface area contributed by atoms with Gasteiger partial charge in [-0.15, -0.1) is 0 Å². The summed E-state index contributed by atoms with van der Waals surface area (Å²) in [5.41, 5.74) is 5.29. The van der Waals surface area contributed by atoms with Crippen molar-refractivity contribution in [3.05, 3.63) is 0 Å². The zero-order valence-electron chi connectivity index (χ0n) is 12.2. The van der Waals surface area contributed by atoms with Gasteiger partial charge in [-0.05, 0) is 12.8 Å². The van der Waals surface area contributed by atoms with Crippen molar-refractivity contribution < 1.29 is 29.7 Å². The van der Waals surface area contributed by atoms with Crippen molar-refractivity contribution in [3.63, 3.8) is 0 Å². The fraction of sp³-hybridized carbons (Fsp3) is 0.750. The minimum absolute atomic E-state index is 0.378. The lowest BCUT2D eigenvalue weighted by molar-refractivity contribution is -0.144. The van der Waals surface area contributed by atoms with Crippen molar-refractivity contribution in [2.45, 2.75) is 45.0 Å². The lowest BCUT2D eigenvalue weighted by Crippen LogP contribution is -2.59. The summed E-state index contributed by atoms with van der Waals surface area (Å²) in [6, 6.07) is -3.75. The Kier molecular flexibility index (Phi) is 7.85. The third-order valence-corrected chi connectivity index (χ3v) is 2.83. The number of amides is 2. The monoisotopic (exact) mass is 305 g/mol. The van der Waals surface area contributed by atoms with E-state index in [1.54, 1.807) is 13.8 Å². The second-order valence-electron chi connectivity index (χ2n) is 5.08. The lowest BCUT2D eigenvalue weighted by Gasteiger charge is -2.25. The molecule has 4 unspecified atom stereocenters. The largest absolute Gasteiger partial charge is 0.480 e. The van der Waals surface area contributed by atoms with Crippen LogP contribution in [0.4, 0.5) is 0 Å². The van der Waals surface area contributed by atoms with Crippen LogP contribution in [0.3, 0.4) is 0 Å². The van der Waals surface area contributed by atoms with Crippen molar-refractivity contribution in [2.24, 2.45) is 11.7 Å². The van der Waals surface area contributed by atoms with Gasteiger partial charge >= 0.3 is 5.97 Å². The van der Waals surface area contributed by atoms with Crippen molar-refractivity contribution in [1.29, 1.82) is 0 Å². The molecule has 7 N–H and O–H groups in total. The van der Waals surface area contributed by atoms with E-state index in [2.05, 4.69) is 10.6 Å². The molecule has 0 aromatic carbocycles. The van der Waals surface area contributed by atoms with Crippen LogP contribution in [0.5, 0.6) is 0 Å². The molecule has 0 radical (unpaired) electrons. The van der Waals surface area contributed by atoms with E-state index in [1.807, 2.05) is 0 Å². The second-order valence-corrected chi connectivity index (χ2v) is 5.08. The number of hydrogen-bond acceptors (Lipinski definition) is 6. The van der Waals surface area contributed by atoms with Crippen LogP contribution in [-0.4, -0.2) is 63.9 Å². The van der Waals surface area contributed by atoms with E-state index < -0.39 is 48.6 Å². The molecule has 4 atom stereocenters. The number of aliphatic hydroxyl groups is 2. The maximum absolute atomic E-state index is 12.0. The zero-order valence-corrected chi connectivity index (χ0v) is 12.2. The van der Waals surface area contributed by atoms with Gasteiger partial charge in [0.1, 0.15) is 18.1 Å². The fourth-order valence-corrected chi connectivity index (χ4v) is 1.51. The summed E-state index contributed by atoms with van der Waals surface area (Å²) in [4.78, 5) is 34.6. The van der Waals surface area contributed by atoms with Crippen LogP contribution < -0.4 is 16.4 Å². The minimum atomic E-state index is -1.37. The molecule has 0 spiro atoms. The average Bonchev–Trinajstić information content (AvgIpc) is 2.39. The van der Waals surface area contributed by atoms with Gasteiger partial charge in [-0.2, -0.15) is 0 Å². The smallest absolute Gasteiger partial charge is 0.326 e. The topological polar surface area (TPSA) is 162 Å². The summed E-state index contributed by atoms with van der Waals surface area (Å²) < 4.78 is 0. The maximum Gasteiger partial charge on any atom is 0.326 e. The molecule has 0 aliphatic heterocycles. The third-order valence-electron chi connectivity index (χ3n) is 2.83. The first-order valence-electron chi connectivity index (χ1n) is 6.49. The number of carboxylic acids is 1. The van der Waals surface area contributed by atoms with E-state index in [4.69, 9.17) is 15.9 Å². The highest BCUT2D eigenvalue weighted by atomic mass is 16.4. The Morgan fingerprint density at radius 2 is 1.52 bits per heavy atom. The number of carboxylic acid groups (broad SMARTS) is 1. The summed E-state index contributed by atoms with van der Waals surface area (Å²) in [6.45, 7) is 3.86. The normalized spacial score (nSPS) is 16.7. The summed E-state index contributed by atoms with van der Waals surface area (Å²) >= 11 is 0. The maximum atomic E-state index is 12.0. The molecular weight excluding hydrogens is 282 g/mol. The van der Waals surface area contributed by atoms with Gasteiger partial charge in [-0.1, -0.05) is 13.8 Å². The van der Waals surface area contributed by atoms with Crippen LogP contribution in [0.15, 0.2) is 0 Å². The summed E-state index contributed by atoms with van der Waals surface area (Å²) in [5.74, 6) is -3.27. The molecule has 0 saturated heterocycles. The Morgan fingerprint density at radius 1 is 1.05 bits per heavy atom. The number of aliphatic hydroxyl groups excluding tert-OH is 2. The van der Waals surface area contributed by atoms with E-state index in [1.165, 1.54) is 6.92 Å². The third kappa shape index (κ3) is 6.06. The standard InChI is InChI=1S/C12H23N3O6/c1-5(2)8(12(20)21)14-11(19)9(6(3)17)15-10(18)7(13)4-16/h5-9,16-17H,4,13H2,1-3H3,(H,14,19)(H,15,18)(H,20,21). The predicted molar refractivity (Wildman–Crippen MR) is 73.1 cm³/mol. The van der Waals surface area contributed by atoms with E-state index in [0.29, 0.717) is 0 Å². The molecule has 0 fully saturated rings. The number of carbonyl (C=O) groups excluding carboxylic acids is 2. The van der Waals surface area contributed by atoms with Crippen LogP contribution in [0.2, 0.25) is 0 Å². The number of nitrogens with two attached hydrogens (primary N) is 1. The van der Waals surface area contributed by atoms with Gasteiger partial charge in [0.15, 0.2) is 0 Å². The van der Waals surface area contributed by atoms with E-state index in [9.17, 15) is 19.5 Å². The molecule has 2 amide bonds. The van der Waals surface area contributed by atoms with Gasteiger partial charge in [0.2, 0.25) is 11.8 Å². The average molecular weight is 305 g/mol. The zero-order chi connectivity index (χ0) is 16.7. The number of rotatable bonds is 8. The molecule has 0 aliphatic carbocycles. The van der Waals surface area contributed by atoms with E-state index in [-0.39, 0.29) is 5.92 Å². The van der Waals surface area contributed by atoms with Crippen LogP contribution in [0, 0.1) is 5.92 Å². The summed E-state index contributed by atoms with van der Waals surface area (Å²) in [6.07, 6.45) is -1.26. The minimum Gasteiger partial charge on any atom is -0.480 e. The van der Waals surface area contributed by atoms with Gasteiger partial charge < -0.3 is 31.7 Å². The molecule has 0 heterocycles. The van der Waals surface area contributed by atoms with Gasteiger partial charge in [-0.25, -0.2) is 4.79 Å². The number of aliphatic carboxylic acids is 1. The molecule has 9 nitrogen and oxygen atoms in total. The highest BCUT2D eigenvalue weighted by Crippen LogP contribution is 2.03. The molecule has 9 heteroatoms. The molecule has 0 saturated carbocycles. The van der Waals surface area contributed by atoms with E-state index in [0.717, 1.165) is 0 Å². The first-order valence-corrected chi connectivity index (χ1v) is 6.49. The van der Waals surface area contributed by atoms with Crippen LogP contribution in [0.1, 0.15) is 20.8 Å². The lowest BCUT2D eigenvalue weighted by atomic mass is 10.0. The Bertz CT molecular complexity index is 385. The van der Waals surface area contributed by atoms with Crippen molar-refractivity contribution >= 4 is 17.8 Å². The molecule has 0 aromatic heterocycles. The fourth-order valence-electron chi connectivity index (χ4n) is 1.51. The van der Waals surface area contributed by atoms with Crippen LogP contribution >= 0.6 is 0 Å². The molecule has 0 bridgehead atoms. The van der Waals surface area contributed by atoms with Gasteiger partial charge in [0, 0.05) is 0 Å². The van der Waals surface area contributed by atoms with Crippen LogP contribution in [-0.2, 0) is 14.4 Å². The SMILES string of the molecule is CC(C)C(NC(=O)C(NC(=O)C(N)CO)C(C)O)C(=O)O. The van der Waals surface area contributed by atoms with Gasteiger partial charge in [0.25, 0.3) is 0 Å². The number of hydrogen-bond donors (Lipinski definition) is 6.